The second-order valence-electron chi connectivity index (χ2n) is 5.19. The second kappa shape index (κ2) is 5.72. The van der Waals surface area contributed by atoms with Crippen molar-refractivity contribution < 1.29 is 13.3 Å². The summed E-state index contributed by atoms with van der Waals surface area (Å²) in [6, 6.07) is 9.42. The molecule has 5 nitrogen and oxygen atoms in total. The number of benzene rings is 2. The quantitative estimate of drug-likeness (QED) is 0.529. The number of fused-ring (bicyclic) bond motifs is 1. The predicted octanol–water partition coefficient (Wildman–Crippen LogP) is 4.90. The van der Waals surface area contributed by atoms with Gasteiger partial charge in [0.05, 0.1) is 10.6 Å². The molecule has 0 atom stereocenters. The van der Waals surface area contributed by atoms with E-state index in [2.05, 4.69) is 15.1 Å². The Kier molecular flexibility index (Phi) is 3.54. The van der Waals surface area contributed by atoms with Crippen LogP contribution in [0, 0.1) is 5.82 Å². The molecule has 0 spiro atoms. The van der Waals surface area contributed by atoms with Crippen LogP contribution in [0.5, 0.6) is 0 Å². The summed E-state index contributed by atoms with van der Waals surface area (Å²) in [7, 11) is 0. The molecular formula is C17H11ClFN3O2. The van der Waals surface area contributed by atoms with Crippen LogP contribution in [0.1, 0.15) is 12.8 Å². The van der Waals surface area contributed by atoms with E-state index in [1.54, 1.807) is 0 Å². The number of halogens is 2. The monoisotopic (exact) mass is 343 g/mol. The average Bonchev–Trinajstić information content (AvgIpc) is 3.22. The maximum absolute atomic E-state index is 13.4. The molecule has 0 aliphatic heterocycles. The number of aryl methyl sites for hydroxylation is 1. The highest BCUT2D eigenvalue weighted by Gasteiger charge is 2.15. The van der Waals surface area contributed by atoms with E-state index in [9.17, 15) is 4.39 Å². The molecule has 0 amide bonds. The Morgan fingerprint density at radius 3 is 2.83 bits per heavy atom. The zero-order chi connectivity index (χ0) is 16.7. The zero-order valence-corrected chi connectivity index (χ0v) is 13.3. The van der Waals surface area contributed by atoms with Gasteiger partial charge in [0.15, 0.2) is 11.5 Å². The molecular weight excluding hydrogens is 333 g/mol. The summed E-state index contributed by atoms with van der Waals surface area (Å²) >= 11 is 6.07. The van der Waals surface area contributed by atoms with E-state index in [1.807, 2.05) is 25.1 Å². The number of aromatic nitrogens is 3. The number of oxazole rings is 1. The first kappa shape index (κ1) is 14.8. The minimum absolute atomic E-state index is 0.156. The summed E-state index contributed by atoms with van der Waals surface area (Å²) in [5, 5.41) is 4.28. The highest BCUT2D eigenvalue weighted by atomic mass is 35.5. The van der Waals surface area contributed by atoms with Gasteiger partial charge in [-0.3, -0.25) is 0 Å². The Balaban J connectivity index is 1.75. The molecule has 0 aliphatic rings. The van der Waals surface area contributed by atoms with Crippen LogP contribution < -0.4 is 0 Å². The van der Waals surface area contributed by atoms with Crippen LogP contribution in [0.3, 0.4) is 0 Å². The largest absolute Gasteiger partial charge is 0.441 e. The summed E-state index contributed by atoms with van der Waals surface area (Å²) in [6.07, 6.45) is 0.717. The highest BCUT2D eigenvalue weighted by Crippen LogP contribution is 2.30. The van der Waals surface area contributed by atoms with Gasteiger partial charge in [-0.15, -0.1) is 0 Å². The molecule has 0 saturated carbocycles. The van der Waals surface area contributed by atoms with Gasteiger partial charge in [-0.2, -0.15) is 4.98 Å². The molecule has 0 aliphatic carbocycles. The average molecular weight is 344 g/mol. The number of hydrogen-bond acceptors (Lipinski definition) is 5. The second-order valence-corrected chi connectivity index (χ2v) is 5.60. The maximum Gasteiger partial charge on any atom is 0.259 e. The van der Waals surface area contributed by atoms with Crippen LogP contribution in [-0.4, -0.2) is 15.1 Å². The van der Waals surface area contributed by atoms with Crippen molar-refractivity contribution in [3.8, 4) is 22.8 Å². The van der Waals surface area contributed by atoms with E-state index in [0.717, 1.165) is 11.1 Å². The van der Waals surface area contributed by atoms with Crippen molar-refractivity contribution in [3.63, 3.8) is 0 Å². The molecule has 0 bridgehead atoms. The standard InChI is InChI=1S/C17H11ClFN3O2/c1-2-15-20-13-7-9(3-6-14(13)23-15)16-21-17(24-22-16)11-8-10(19)4-5-12(11)18/h3-8H,2H2,1H3. The lowest BCUT2D eigenvalue weighted by molar-refractivity contribution is 0.432. The maximum atomic E-state index is 13.4. The first-order valence-electron chi connectivity index (χ1n) is 7.33. The summed E-state index contributed by atoms with van der Waals surface area (Å²) in [5.74, 6) is 0.769. The first-order chi connectivity index (χ1) is 11.6. The lowest BCUT2D eigenvalue weighted by Crippen LogP contribution is -1.84. The molecule has 2 aromatic heterocycles. The van der Waals surface area contributed by atoms with Crippen molar-refractivity contribution in [2.24, 2.45) is 0 Å². The van der Waals surface area contributed by atoms with Gasteiger partial charge >= 0.3 is 0 Å². The number of rotatable bonds is 3. The molecule has 0 fully saturated rings. The van der Waals surface area contributed by atoms with Crippen molar-refractivity contribution >= 4 is 22.7 Å². The van der Waals surface area contributed by atoms with E-state index in [0.29, 0.717) is 34.3 Å². The Morgan fingerprint density at radius 2 is 2.00 bits per heavy atom. The lowest BCUT2D eigenvalue weighted by Gasteiger charge is -1.97. The molecule has 24 heavy (non-hydrogen) atoms. The van der Waals surface area contributed by atoms with Crippen molar-refractivity contribution in [1.29, 1.82) is 0 Å². The Morgan fingerprint density at radius 1 is 1.12 bits per heavy atom. The fourth-order valence-electron chi connectivity index (χ4n) is 2.38. The van der Waals surface area contributed by atoms with Gasteiger partial charge in [-0.25, -0.2) is 9.37 Å². The summed E-state index contributed by atoms with van der Waals surface area (Å²) < 4.78 is 24.2. The molecule has 2 heterocycles. The van der Waals surface area contributed by atoms with Crippen molar-refractivity contribution in [1.82, 2.24) is 15.1 Å². The normalized spacial score (nSPS) is 11.3. The van der Waals surface area contributed by atoms with Gasteiger partial charge < -0.3 is 8.94 Å². The van der Waals surface area contributed by atoms with E-state index in [-0.39, 0.29) is 5.89 Å². The molecule has 2 aromatic carbocycles. The van der Waals surface area contributed by atoms with Crippen molar-refractivity contribution in [3.05, 3.63) is 53.1 Å². The lowest BCUT2D eigenvalue weighted by atomic mass is 10.2. The fourth-order valence-corrected chi connectivity index (χ4v) is 2.58. The van der Waals surface area contributed by atoms with Crippen LogP contribution in [0.4, 0.5) is 4.39 Å². The first-order valence-corrected chi connectivity index (χ1v) is 7.71. The third kappa shape index (κ3) is 2.55. The van der Waals surface area contributed by atoms with E-state index >= 15 is 0 Å². The Hall–Kier alpha value is -2.73. The van der Waals surface area contributed by atoms with Gasteiger partial charge in [-0.05, 0) is 36.4 Å². The Labute approximate surface area is 141 Å². The van der Waals surface area contributed by atoms with Crippen LogP contribution in [0.2, 0.25) is 5.02 Å². The topological polar surface area (TPSA) is 65.0 Å². The van der Waals surface area contributed by atoms with E-state index < -0.39 is 5.82 Å². The van der Waals surface area contributed by atoms with Crippen LogP contribution >= 0.6 is 11.6 Å². The van der Waals surface area contributed by atoms with Gasteiger partial charge in [0.25, 0.3) is 5.89 Å². The SMILES string of the molecule is CCc1nc2cc(-c3noc(-c4cc(F)ccc4Cl)n3)ccc2o1. The Bertz CT molecular complexity index is 1040. The molecule has 0 saturated heterocycles. The summed E-state index contributed by atoms with van der Waals surface area (Å²) in [6.45, 7) is 1.97. The molecule has 4 aromatic rings. The van der Waals surface area contributed by atoms with Crippen molar-refractivity contribution in [2.75, 3.05) is 0 Å². The van der Waals surface area contributed by atoms with E-state index in [1.165, 1.54) is 18.2 Å². The van der Waals surface area contributed by atoms with Crippen LogP contribution in [-0.2, 0) is 6.42 Å². The third-order valence-corrected chi connectivity index (χ3v) is 3.91. The van der Waals surface area contributed by atoms with Gasteiger partial charge in [-0.1, -0.05) is 23.7 Å². The minimum atomic E-state index is -0.426. The third-order valence-electron chi connectivity index (χ3n) is 3.58. The van der Waals surface area contributed by atoms with Gasteiger partial charge in [0.1, 0.15) is 11.3 Å². The minimum Gasteiger partial charge on any atom is -0.441 e. The predicted molar refractivity (Wildman–Crippen MR) is 87.1 cm³/mol. The van der Waals surface area contributed by atoms with Gasteiger partial charge in [0.2, 0.25) is 5.82 Å². The van der Waals surface area contributed by atoms with Gasteiger partial charge in [0, 0.05) is 12.0 Å². The van der Waals surface area contributed by atoms with E-state index in [4.69, 9.17) is 20.5 Å². The highest BCUT2D eigenvalue weighted by molar-refractivity contribution is 6.33. The molecule has 7 heteroatoms. The number of hydrogen-bond donors (Lipinski definition) is 0. The molecule has 120 valence electrons. The van der Waals surface area contributed by atoms with Crippen molar-refractivity contribution in [2.45, 2.75) is 13.3 Å². The van der Waals surface area contributed by atoms with Crippen LogP contribution in [0.25, 0.3) is 33.9 Å². The molecule has 4 rings (SSSR count). The molecule has 0 N–H and O–H groups in total. The van der Waals surface area contributed by atoms with Crippen LogP contribution in [0.15, 0.2) is 45.3 Å². The molecule has 0 radical (unpaired) electrons. The molecule has 0 unspecified atom stereocenters. The summed E-state index contributed by atoms with van der Waals surface area (Å²) in [5.41, 5.74) is 2.50. The smallest absolute Gasteiger partial charge is 0.259 e. The number of nitrogens with zero attached hydrogens (tertiary/aromatic N) is 3. The fraction of sp³-hybridized carbons (Fsp3) is 0.118. The zero-order valence-electron chi connectivity index (χ0n) is 12.6. The summed E-state index contributed by atoms with van der Waals surface area (Å²) in [4.78, 5) is 8.68.